The first-order chi connectivity index (χ1) is 12.6. The molecule has 0 saturated carbocycles. The standard InChI is InChI=1S/C16H16FN3O6S/c1-19(15(16(18)21)10-4-3-5-11(17)8-10)27(24,25)12-6-7-14(26-2)13(9-12)20(22)23/h3-9,15H,1-2H3,(H2,18,21). The number of nitro benzene ring substituents is 1. The molecule has 0 spiro atoms. The number of primary amides is 1. The molecule has 2 rings (SSSR count). The molecule has 27 heavy (non-hydrogen) atoms. The maximum Gasteiger partial charge on any atom is 0.312 e. The van der Waals surface area contributed by atoms with Crippen LogP contribution in [0.2, 0.25) is 0 Å². The molecule has 2 aromatic rings. The minimum Gasteiger partial charge on any atom is -0.490 e. The van der Waals surface area contributed by atoms with Crippen LogP contribution in [-0.4, -0.2) is 37.7 Å². The number of nitro groups is 1. The summed E-state index contributed by atoms with van der Waals surface area (Å²) in [6.07, 6.45) is 0. The summed E-state index contributed by atoms with van der Waals surface area (Å²) >= 11 is 0. The topological polar surface area (TPSA) is 133 Å². The van der Waals surface area contributed by atoms with Gasteiger partial charge in [-0.3, -0.25) is 14.9 Å². The number of ether oxygens (including phenoxy) is 1. The molecule has 0 fully saturated rings. The Morgan fingerprint density at radius 1 is 1.30 bits per heavy atom. The average molecular weight is 397 g/mol. The Kier molecular flexibility index (Phi) is 5.76. The predicted molar refractivity (Wildman–Crippen MR) is 92.9 cm³/mol. The summed E-state index contributed by atoms with van der Waals surface area (Å²) in [6, 6.07) is 6.30. The van der Waals surface area contributed by atoms with Crippen molar-refractivity contribution in [2.75, 3.05) is 14.2 Å². The van der Waals surface area contributed by atoms with Gasteiger partial charge in [-0.25, -0.2) is 12.8 Å². The molecular formula is C16H16FN3O6S. The molecule has 0 aliphatic heterocycles. The fourth-order valence-electron chi connectivity index (χ4n) is 2.51. The van der Waals surface area contributed by atoms with Gasteiger partial charge in [0.05, 0.1) is 16.9 Å². The van der Waals surface area contributed by atoms with Crippen molar-refractivity contribution in [1.82, 2.24) is 4.31 Å². The Hall–Kier alpha value is -3.05. The van der Waals surface area contributed by atoms with Gasteiger partial charge in [-0.1, -0.05) is 12.1 Å². The largest absolute Gasteiger partial charge is 0.490 e. The summed E-state index contributed by atoms with van der Waals surface area (Å²) in [7, 11) is -2.10. The fourth-order valence-corrected chi connectivity index (χ4v) is 3.84. The average Bonchev–Trinajstić information content (AvgIpc) is 2.60. The van der Waals surface area contributed by atoms with Gasteiger partial charge in [0.15, 0.2) is 5.75 Å². The van der Waals surface area contributed by atoms with E-state index < -0.39 is 43.3 Å². The van der Waals surface area contributed by atoms with Crippen LogP contribution in [0.4, 0.5) is 10.1 Å². The van der Waals surface area contributed by atoms with Gasteiger partial charge in [-0.05, 0) is 29.8 Å². The predicted octanol–water partition coefficient (Wildman–Crippen LogP) is 1.59. The molecule has 144 valence electrons. The zero-order chi connectivity index (χ0) is 20.4. The minimum absolute atomic E-state index is 0.0246. The summed E-state index contributed by atoms with van der Waals surface area (Å²) < 4.78 is 44.7. The maximum atomic E-state index is 13.5. The monoisotopic (exact) mass is 397 g/mol. The van der Waals surface area contributed by atoms with Crippen LogP contribution in [0.5, 0.6) is 5.75 Å². The first-order valence-corrected chi connectivity index (χ1v) is 8.89. The molecule has 1 amide bonds. The van der Waals surface area contributed by atoms with Gasteiger partial charge in [0.1, 0.15) is 11.9 Å². The summed E-state index contributed by atoms with van der Waals surface area (Å²) in [6.45, 7) is 0. The number of hydrogen-bond donors (Lipinski definition) is 1. The zero-order valence-corrected chi connectivity index (χ0v) is 15.1. The van der Waals surface area contributed by atoms with E-state index in [0.717, 1.165) is 37.4 Å². The molecule has 1 atom stereocenters. The number of nitrogens with two attached hydrogens (primary N) is 1. The second-order valence-corrected chi connectivity index (χ2v) is 7.47. The lowest BCUT2D eigenvalue weighted by Crippen LogP contribution is -2.39. The van der Waals surface area contributed by atoms with E-state index in [4.69, 9.17) is 10.5 Å². The highest BCUT2D eigenvalue weighted by molar-refractivity contribution is 7.89. The first-order valence-electron chi connectivity index (χ1n) is 7.45. The van der Waals surface area contributed by atoms with Gasteiger partial charge in [-0.2, -0.15) is 4.31 Å². The Bertz CT molecular complexity index is 995. The van der Waals surface area contributed by atoms with E-state index >= 15 is 0 Å². The van der Waals surface area contributed by atoms with Crippen molar-refractivity contribution in [3.63, 3.8) is 0 Å². The van der Waals surface area contributed by atoms with Crippen molar-refractivity contribution in [3.8, 4) is 5.75 Å². The molecular weight excluding hydrogens is 381 g/mol. The number of rotatable bonds is 7. The quantitative estimate of drug-likeness (QED) is 0.557. The third-order valence-electron chi connectivity index (χ3n) is 3.82. The highest BCUT2D eigenvalue weighted by Crippen LogP contribution is 2.32. The molecule has 1 unspecified atom stereocenters. The summed E-state index contributed by atoms with van der Waals surface area (Å²) in [5, 5.41) is 11.1. The van der Waals surface area contributed by atoms with Gasteiger partial charge in [0.25, 0.3) is 0 Å². The normalized spacial score (nSPS) is 12.6. The van der Waals surface area contributed by atoms with Crippen molar-refractivity contribution in [2.24, 2.45) is 5.73 Å². The Balaban J connectivity index is 2.55. The first kappa shape index (κ1) is 20.3. The number of nitrogens with zero attached hydrogens (tertiary/aromatic N) is 2. The van der Waals surface area contributed by atoms with Gasteiger partial charge >= 0.3 is 5.69 Å². The van der Waals surface area contributed by atoms with E-state index in [-0.39, 0.29) is 11.3 Å². The van der Waals surface area contributed by atoms with Crippen molar-refractivity contribution >= 4 is 21.6 Å². The second-order valence-electron chi connectivity index (χ2n) is 5.47. The van der Waals surface area contributed by atoms with Crippen LogP contribution in [0.1, 0.15) is 11.6 Å². The van der Waals surface area contributed by atoms with Gasteiger partial charge in [0, 0.05) is 13.1 Å². The zero-order valence-electron chi connectivity index (χ0n) is 14.3. The number of benzene rings is 2. The van der Waals surface area contributed by atoms with Crippen LogP contribution in [0.15, 0.2) is 47.4 Å². The van der Waals surface area contributed by atoms with E-state index in [1.807, 2.05) is 0 Å². The molecule has 9 nitrogen and oxygen atoms in total. The molecule has 0 heterocycles. The number of methoxy groups -OCH3 is 1. The van der Waals surface area contributed by atoms with E-state index in [1.54, 1.807) is 0 Å². The van der Waals surface area contributed by atoms with Gasteiger partial charge < -0.3 is 10.5 Å². The molecule has 11 heteroatoms. The number of carbonyl (C=O) groups excluding carboxylic acids is 1. The summed E-state index contributed by atoms with van der Waals surface area (Å²) in [5.74, 6) is -1.84. The molecule has 0 radical (unpaired) electrons. The Morgan fingerprint density at radius 2 is 1.96 bits per heavy atom. The highest BCUT2D eigenvalue weighted by Gasteiger charge is 2.34. The van der Waals surface area contributed by atoms with Gasteiger partial charge in [-0.15, -0.1) is 0 Å². The molecule has 2 N–H and O–H groups in total. The second kappa shape index (κ2) is 7.68. The number of sulfonamides is 1. The number of amides is 1. The summed E-state index contributed by atoms with van der Waals surface area (Å²) in [4.78, 5) is 21.8. The maximum absolute atomic E-state index is 13.5. The Labute approximate surface area is 154 Å². The third-order valence-corrected chi connectivity index (χ3v) is 5.64. The van der Waals surface area contributed by atoms with E-state index in [0.29, 0.717) is 4.31 Å². The molecule has 0 aromatic heterocycles. The fraction of sp³-hybridized carbons (Fsp3) is 0.188. The molecule has 0 aliphatic rings. The third kappa shape index (κ3) is 4.04. The number of halogens is 1. The number of hydrogen-bond acceptors (Lipinski definition) is 6. The number of likely N-dealkylation sites (N-methyl/N-ethyl adjacent to an activating group) is 1. The molecule has 0 saturated heterocycles. The summed E-state index contributed by atoms with van der Waals surface area (Å²) in [5.41, 5.74) is 4.79. The smallest absolute Gasteiger partial charge is 0.312 e. The van der Waals surface area contributed by atoms with Crippen LogP contribution < -0.4 is 10.5 Å². The lowest BCUT2D eigenvalue weighted by atomic mass is 10.1. The molecule has 0 aliphatic carbocycles. The van der Waals surface area contributed by atoms with E-state index in [1.165, 1.54) is 19.2 Å². The van der Waals surface area contributed by atoms with Crippen LogP contribution in [0, 0.1) is 15.9 Å². The molecule has 0 bridgehead atoms. The van der Waals surface area contributed by atoms with Crippen molar-refractivity contribution in [2.45, 2.75) is 10.9 Å². The lowest BCUT2D eigenvalue weighted by Gasteiger charge is -2.25. The van der Waals surface area contributed by atoms with E-state index in [2.05, 4.69) is 0 Å². The van der Waals surface area contributed by atoms with Gasteiger partial charge in [0.2, 0.25) is 15.9 Å². The van der Waals surface area contributed by atoms with Crippen molar-refractivity contribution in [3.05, 3.63) is 64.0 Å². The minimum atomic E-state index is -4.38. The Morgan fingerprint density at radius 3 is 2.48 bits per heavy atom. The SMILES string of the molecule is COc1ccc(S(=O)(=O)N(C)C(C(N)=O)c2cccc(F)c2)cc1[N+](=O)[O-]. The van der Waals surface area contributed by atoms with Crippen LogP contribution in [-0.2, 0) is 14.8 Å². The van der Waals surface area contributed by atoms with Crippen molar-refractivity contribution < 1.29 is 27.3 Å². The van der Waals surface area contributed by atoms with Crippen LogP contribution >= 0.6 is 0 Å². The molecule has 2 aromatic carbocycles. The lowest BCUT2D eigenvalue weighted by molar-refractivity contribution is -0.386. The number of carbonyl (C=O) groups is 1. The van der Waals surface area contributed by atoms with Crippen molar-refractivity contribution in [1.29, 1.82) is 0 Å². The van der Waals surface area contributed by atoms with Crippen LogP contribution in [0.3, 0.4) is 0 Å². The van der Waals surface area contributed by atoms with Crippen LogP contribution in [0.25, 0.3) is 0 Å². The highest BCUT2D eigenvalue weighted by atomic mass is 32.2. The van der Waals surface area contributed by atoms with E-state index in [9.17, 15) is 27.7 Å².